The van der Waals surface area contributed by atoms with Crippen molar-refractivity contribution >= 4 is 5.91 Å². The van der Waals surface area contributed by atoms with E-state index in [-0.39, 0.29) is 12.5 Å². The fourth-order valence-electron chi connectivity index (χ4n) is 7.07. The molecule has 0 fully saturated rings. The molecule has 0 aromatic carbocycles. The normalized spacial score (nSPS) is 13.6. The number of hydrogen-bond acceptors (Lipinski definition) is 3. The van der Waals surface area contributed by atoms with Crippen molar-refractivity contribution in [2.75, 3.05) is 6.61 Å². The SMILES string of the molecule is CC/C=C\C/C=C\C/C=C\C/C=C\C/C=C\C/C=C\CCCCCCCCCCCCCCCCCCCCCCCCC(=O)NC(CO)C(O)CCCCC. The number of nitrogens with one attached hydrogen (secondary N) is 1. The molecule has 0 radical (unpaired) electrons. The summed E-state index contributed by atoms with van der Waals surface area (Å²) in [5, 5.41) is 22.6. The largest absolute Gasteiger partial charge is 0.394 e. The summed E-state index contributed by atoms with van der Waals surface area (Å²) in [6.45, 7) is 4.10. The van der Waals surface area contributed by atoms with Crippen molar-refractivity contribution in [2.45, 2.75) is 244 Å². The first kappa shape index (κ1) is 53.8. The van der Waals surface area contributed by atoms with E-state index in [0.29, 0.717) is 12.8 Å². The number of allylic oxidation sites excluding steroid dienone is 12. The average Bonchev–Trinajstić information content (AvgIpc) is 3.20. The Morgan fingerprint density at radius 2 is 0.786 bits per heavy atom. The molecular weight excluding hydrogens is 687 g/mol. The second-order valence-corrected chi connectivity index (χ2v) is 16.2. The van der Waals surface area contributed by atoms with E-state index in [4.69, 9.17) is 0 Å². The third kappa shape index (κ3) is 43.0. The van der Waals surface area contributed by atoms with Crippen molar-refractivity contribution in [3.63, 3.8) is 0 Å². The lowest BCUT2D eigenvalue weighted by atomic mass is 10.0. The fourth-order valence-corrected chi connectivity index (χ4v) is 7.07. The highest BCUT2D eigenvalue weighted by Gasteiger charge is 2.19. The molecule has 0 spiro atoms. The van der Waals surface area contributed by atoms with Gasteiger partial charge in [-0.15, -0.1) is 0 Å². The quantitative estimate of drug-likeness (QED) is 0.0426. The smallest absolute Gasteiger partial charge is 0.220 e. The summed E-state index contributed by atoms with van der Waals surface area (Å²) < 4.78 is 0. The van der Waals surface area contributed by atoms with Crippen LogP contribution in [0.1, 0.15) is 232 Å². The molecule has 3 N–H and O–H groups in total. The van der Waals surface area contributed by atoms with Crippen LogP contribution in [0.25, 0.3) is 0 Å². The van der Waals surface area contributed by atoms with Crippen LogP contribution in [0.15, 0.2) is 72.9 Å². The van der Waals surface area contributed by atoms with Crippen LogP contribution >= 0.6 is 0 Å². The van der Waals surface area contributed by atoms with Gasteiger partial charge >= 0.3 is 0 Å². The summed E-state index contributed by atoms with van der Waals surface area (Å²) in [6, 6.07) is -0.531. The first-order valence-electron chi connectivity index (χ1n) is 24.1. The van der Waals surface area contributed by atoms with E-state index in [2.05, 4.69) is 92.1 Å². The Kier molecular flexibility index (Phi) is 45.4. The number of aliphatic hydroxyl groups excluding tert-OH is 2. The molecule has 0 saturated heterocycles. The Hall–Kier alpha value is -2.17. The molecule has 0 bridgehead atoms. The molecule has 0 aromatic heterocycles. The summed E-state index contributed by atoms with van der Waals surface area (Å²) in [5.74, 6) is -0.0423. The zero-order valence-corrected chi connectivity index (χ0v) is 37.1. The number of hydrogen-bond donors (Lipinski definition) is 3. The van der Waals surface area contributed by atoms with Crippen LogP contribution in [0.5, 0.6) is 0 Å². The van der Waals surface area contributed by atoms with Gasteiger partial charge in [0.25, 0.3) is 0 Å². The predicted octanol–water partition coefficient (Wildman–Crippen LogP) is 15.5. The number of unbranched alkanes of at least 4 members (excludes halogenated alkanes) is 24. The summed E-state index contributed by atoms with van der Waals surface area (Å²) in [7, 11) is 0. The van der Waals surface area contributed by atoms with E-state index in [0.717, 1.165) is 70.6 Å². The van der Waals surface area contributed by atoms with Gasteiger partial charge in [-0.05, 0) is 64.2 Å². The minimum absolute atomic E-state index is 0.0423. The van der Waals surface area contributed by atoms with Crippen LogP contribution in [-0.2, 0) is 4.79 Å². The van der Waals surface area contributed by atoms with Crippen LogP contribution in [-0.4, -0.2) is 34.9 Å². The molecule has 0 rings (SSSR count). The van der Waals surface area contributed by atoms with Gasteiger partial charge < -0.3 is 15.5 Å². The number of amides is 1. The van der Waals surface area contributed by atoms with Crippen LogP contribution in [0.3, 0.4) is 0 Å². The van der Waals surface area contributed by atoms with Gasteiger partial charge in [0.2, 0.25) is 5.91 Å². The number of carbonyl (C=O) groups excluding carboxylic acids is 1. The van der Waals surface area contributed by atoms with Crippen LogP contribution in [0, 0.1) is 0 Å². The molecule has 0 heterocycles. The molecule has 0 saturated carbocycles. The van der Waals surface area contributed by atoms with Crippen molar-refractivity contribution in [2.24, 2.45) is 0 Å². The molecule has 324 valence electrons. The van der Waals surface area contributed by atoms with Crippen molar-refractivity contribution in [1.29, 1.82) is 0 Å². The summed E-state index contributed by atoms with van der Waals surface area (Å²) >= 11 is 0. The number of carbonyl (C=O) groups is 1. The third-order valence-electron chi connectivity index (χ3n) is 10.7. The van der Waals surface area contributed by atoms with Crippen LogP contribution in [0.2, 0.25) is 0 Å². The zero-order chi connectivity index (χ0) is 40.7. The molecular formula is C52H93NO3. The maximum absolute atomic E-state index is 12.2. The molecule has 0 aliphatic heterocycles. The molecule has 0 aliphatic carbocycles. The molecule has 0 aromatic rings. The second-order valence-electron chi connectivity index (χ2n) is 16.2. The van der Waals surface area contributed by atoms with Crippen LogP contribution < -0.4 is 5.32 Å². The highest BCUT2D eigenvalue weighted by Crippen LogP contribution is 2.16. The molecule has 2 unspecified atom stereocenters. The maximum Gasteiger partial charge on any atom is 0.220 e. The van der Waals surface area contributed by atoms with Gasteiger partial charge in [0.15, 0.2) is 0 Å². The second kappa shape index (κ2) is 47.2. The Morgan fingerprint density at radius 3 is 1.14 bits per heavy atom. The maximum atomic E-state index is 12.2. The van der Waals surface area contributed by atoms with Crippen molar-refractivity contribution in [3.05, 3.63) is 72.9 Å². The standard InChI is InChI=1S/C52H93NO3/c1-3-5-7-8-9-10-11-12-13-14-15-16-17-18-19-20-21-22-23-24-25-26-27-28-29-30-31-32-33-34-35-36-37-38-39-40-41-42-43-44-46-48-52(56)53-50(49-54)51(55)47-45-6-4-2/h5,7,9-10,12-13,15-16,18-19,21-22,50-51,54-55H,3-4,6,8,11,14,17,20,23-49H2,1-2H3,(H,53,56)/b7-5-,10-9-,13-12-,16-15-,19-18-,22-21-. The lowest BCUT2D eigenvalue weighted by Crippen LogP contribution is -2.45. The Morgan fingerprint density at radius 1 is 0.446 bits per heavy atom. The highest BCUT2D eigenvalue weighted by atomic mass is 16.3. The monoisotopic (exact) mass is 780 g/mol. The van der Waals surface area contributed by atoms with Crippen LogP contribution in [0.4, 0.5) is 0 Å². The van der Waals surface area contributed by atoms with Gasteiger partial charge in [-0.3, -0.25) is 4.79 Å². The van der Waals surface area contributed by atoms with E-state index in [1.165, 1.54) is 135 Å². The van der Waals surface area contributed by atoms with Gasteiger partial charge in [0.05, 0.1) is 18.8 Å². The summed E-state index contributed by atoms with van der Waals surface area (Å²) in [4.78, 5) is 12.2. The topological polar surface area (TPSA) is 69.6 Å². The Labute approximate surface area is 349 Å². The summed E-state index contributed by atoms with van der Waals surface area (Å²) in [5.41, 5.74) is 0. The lowest BCUT2D eigenvalue weighted by molar-refractivity contribution is -0.123. The van der Waals surface area contributed by atoms with Crippen molar-refractivity contribution in [3.8, 4) is 0 Å². The zero-order valence-electron chi connectivity index (χ0n) is 37.1. The highest BCUT2D eigenvalue weighted by molar-refractivity contribution is 5.76. The van der Waals surface area contributed by atoms with E-state index in [1.54, 1.807) is 0 Å². The average molecular weight is 780 g/mol. The molecule has 2 atom stereocenters. The van der Waals surface area contributed by atoms with Crippen molar-refractivity contribution in [1.82, 2.24) is 5.32 Å². The Bertz CT molecular complexity index is 977. The predicted molar refractivity (Wildman–Crippen MR) is 248 cm³/mol. The van der Waals surface area contributed by atoms with E-state index in [9.17, 15) is 15.0 Å². The minimum Gasteiger partial charge on any atom is -0.394 e. The Balaban J connectivity index is 3.34. The fraction of sp³-hybridized carbons (Fsp3) is 0.750. The van der Waals surface area contributed by atoms with Crippen molar-refractivity contribution < 1.29 is 15.0 Å². The molecule has 56 heavy (non-hydrogen) atoms. The van der Waals surface area contributed by atoms with E-state index < -0.39 is 12.1 Å². The van der Waals surface area contributed by atoms with Gasteiger partial charge in [-0.2, -0.15) is 0 Å². The van der Waals surface area contributed by atoms with Gasteiger partial charge in [-0.25, -0.2) is 0 Å². The number of aliphatic hydroxyl groups is 2. The lowest BCUT2D eigenvalue weighted by Gasteiger charge is -2.22. The first-order chi connectivity index (χ1) is 27.7. The van der Waals surface area contributed by atoms with E-state index in [1.807, 2.05) is 0 Å². The van der Waals surface area contributed by atoms with Gasteiger partial charge in [0.1, 0.15) is 0 Å². The first-order valence-corrected chi connectivity index (χ1v) is 24.1. The molecule has 4 nitrogen and oxygen atoms in total. The van der Waals surface area contributed by atoms with Gasteiger partial charge in [-0.1, -0.05) is 234 Å². The summed E-state index contributed by atoms with van der Waals surface area (Å²) in [6.07, 6.45) is 68.0. The molecule has 4 heteroatoms. The third-order valence-corrected chi connectivity index (χ3v) is 10.7. The molecule has 1 amide bonds. The van der Waals surface area contributed by atoms with Gasteiger partial charge in [0, 0.05) is 6.42 Å². The molecule has 0 aliphatic rings. The van der Waals surface area contributed by atoms with E-state index >= 15 is 0 Å². The minimum atomic E-state index is -0.655. The number of rotatable bonds is 43.